The number of ether oxygens (including phenoxy) is 2. The standard InChI is InChI=1S/C21H20O5/c1-4-17-13(2)18-9-8-16(11-20(18)26-21(17)23)25-12-19(22)14-6-5-7-15(10-14)24-3/h5-11H,4,12H2,1-3H3. The smallest absolute Gasteiger partial charge is 0.339 e. The van der Waals surface area contributed by atoms with Crippen molar-refractivity contribution in [2.75, 3.05) is 13.7 Å². The minimum absolute atomic E-state index is 0.116. The van der Waals surface area contributed by atoms with Crippen LogP contribution in [-0.2, 0) is 6.42 Å². The van der Waals surface area contributed by atoms with Crippen LogP contribution < -0.4 is 15.1 Å². The molecule has 0 aliphatic heterocycles. The molecule has 5 nitrogen and oxygen atoms in total. The van der Waals surface area contributed by atoms with E-state index in [1.807, 2.05) is 19.9 Å². The van der Waals surface area contributed by atoms with Gasteiger partial charge in [-0.2, -0.15) is 0 Å². The number of fused-ring (bicyclic) bond motifs is 1. The molecule has 3 rings (SSSR count). The number of hydrogen-bond acceptors (Lipinski definition) is 5. The Morgan fingerprint density at radius 1 is 1.12 bits per heavy atom. The zero-order chi connectivity index (χ0) is 18.7. The van der Waals surface area contributed by atoms with Gasteiger partial charge in [-0.3, -0.25) is 4.79 Å². The molecule has 5 heteroatoms. The second kappa shape index (κ2) is 7.44. The van der Waals surface area contributed by atoms with Crippen LogP contribution in [0.5, 0.6) is 11.5 Å². The number of benzene rings is 2. The molecule has 1 heterocycles. The van der Waals surface area contributed by atoms with Gasteiger partial charge in [0.15, 0.2) is 12.4 Å². The van der Waals surface area contributed by atoms with Gasteiger partial charge in [0.2, 0.25) is 0 Å². The lowest BCUT2D eigenvalue weighted by Crippen LogP contribution is -2.12. The summed E-state index contributed by atoms with van der Waals surface area (Å²) in [6, 6.07) is 12.2. The number of carbonyl (C=O) groups excluding carboxylic acids is 1. The first kappa shape index (κ1) is 17.7. The van der Waals surface area contributed by atoms with E-state index in [-0.39, 0.29) is 18.0 Å². The Kier molecular flexibility index (Phi) is 5.07. The molecule has 0 unspecified atom stereocenters. The molecule has 26 heavy (non-hydrogen) atoms. The Bertz CT molecular complexity index is 1020. The molecule has 0 N–H and O–H groups in total. The average Bonchev–Trinajstić information content (AvgIpc) is 2.66. The summed E-state index contributed by atoms with van der Waals surface area (Å²) >= 11 is 0. The molecular formula is C21H20O5. The molecule has 0 amide bonds. The number of carbonyl (C=O) groups is 1. The maximum Gasteiger partial charge on any atom is 0.339 e. The highest BCUT2D eigenvalue weighted by atomic mass is 16.5. The van der Waals surface area contributed by atoms with Crippen molar-refractivity contribution in [1.29, 1.82) is 0 Å². The van der Waals surface area contributed by atoms with Gasteiger partial charge < -0.3 is 13.9 Å². The molecule has 0 saturated heterocycles. The molecule has 0 aliphatic carbocycles. The molecule has 3 aromatic rings. The molecule has 0 fully saturated rings. The fraction of sp³-hybridized carbons (Fsp3) is 0.238. The highest BCUT2D eigenvalue weighted by Gasteiger charge is 2.12. The fourth-order valence-electron chi connectivity index (χ4n) is 2.90. The Morgan fingerprint density at radius 3 is 2.65 bits per heavy atom. The molecule has 134 valence electrons. The molecule has 0 spiro atoms. The molecule has 0 saturated carbocycles. The van der Waals surface area contributed by atoms with Gasteiger partial charge in [-0.05, 0) is 43.2 Å². The van der Waals surface area contributed by atoms with Crippen molar-refractivity contribution in [3.8, 4) is 11.5 Å². The summed E-state index contributed by atoms with van der Waals surface area (Å²) in [5.41, 5.74) is 2.23. The van der Waals surface area contributed by atoms with Gasteiger partial charge in [-0.25, -0.2) is 4.79 Å². The van der Waals surface area contributed by atoms with Crippen LogP contribution in [0.2, 0.25) is 0 Å². The van der Waals surface area contributed by atoms with Crippen molar-refractivity contribution < 1.29 is 18.7 Å². The van der Waals surface area contributed by atoms with Crippen molar-refractivity contribution in [2.24, 2.45) is 0 Å². The van der Waals surface area contributed by atoms with Gasteiger partial charge >= 0.3 is 5.63 Å². The van der Waals surface area contributed by atoms with Gasteiger partial charge in [0.05, 0.1) is 7.11 Å². The van der Waals surface area contributed by atoms with E-state index in [1.165, 1.54) is 0 Å². The Hall–Kier alpha value is -3.08. The minimum atomic E-state index is -0.331. The highest BCUT2D eigenvalue weighted by Crippen LogP contribution is 2.24. The van der Waals surface area contributed by atoms with Crippen LogP contribution in [0.1, 0.15) is 28.4 Å². The third kappa shape index (κ3) is 3.47. The number of Topliss-reactive ketones (excluding diaryl/α,β-unsaturated/α-hetero) is 1. The lowest BCUT2D eigenvalue weighted by atomic mass is 10.0. The monoisotopic (exact) mass is 352 g/mol. The predicted molar refractivity (Wildman–Crippen MR) is 99.4 cm³/mol. The van der Waals surface area contributed by atoms with Crippen LogP contribution in [-0.4, -0.2) is 19.5 Å². The van der Waals surface area contributed by atoms with Crippen molar-refractivity contribution in [1.82, 2.24) is 0 Å². The number of aryl methyl sites for hydroxylation is 1. The summed E-state index contributed by atoms with van der Waals surface area (Å²) in [5.74, 6) is 0.925. The van der Waals surface area contributed by atoms with Crippen LogP contribution in [0.4, 0.5) is 0 Å². The zero-order valence-corrected chi connectivity index (χ0v) is 15.0. The maximum atomic E-state index is 12.3. The summed E-state index contributed by atoms with van der Waals surface area (Å²) in [7, 11) is 1.55. The minimum Gasteiger partial charge on any atom is -0.497 e. The average molecular weight is 352 g/mol. The Balaban J connectivity index is 1.81. The highest BCUT2D eigenvalue weighted by molar-refractivity contribution is 5.97. The van der Waals surface area contributed by atoms with E-state index in [2.05, 4.69) is 0 Å². The quantitative estimate of drug-likeness (QED) is 0.497. The summed E-state index contributed by atoms with van der Waals surface area (Å²) < 4.78 is 16.1. The van der Waals surface area contributed by atoms with E-state index in [4.69, 9.17) is 13.9 Å². The van der Waals surface area contributed by atoms with E-state index in [0.717, 1.165) is 10.9 Å². The summed E-state index contributed by atoms with van der Waals surface area (Å²) in [5, 5.41) is 0.868. The molecule has 0 bridgehead atoms. The summed E-state index contributed by atoms with van der Waals surface area (Å²) in [6.45, 7) is 3.71. The van der Waals surface area contributed by atoms with Gasteiger partial charge in [0, 0.05) is 22.6 Å². The first-order chi connectivity index (χ1) is 12.5. The number of hydrogen-bond donors (Lipinski definition) is 0. The fourth-order valence-corrected chi connectivity index (χ4v) is 2.90. The van der Waals surface area contributed by atoms with Crippen LogP contribution in [0, 0.1) is 6.92 Å². The maximum absolute atomic E-state index is 12.3. The number of rotatable bonds is 6. The predicted octanol–water partition coefficient (Wildman–Crippen LogP) is 3.93. The topological polar surface area (TPSA) is 65.7 Å². The van der Waals surface area contributed by atoms with Crippen molar-refractivity contribution >= 4 is 16.8 Å². The normalized spacial score (nSPS) is 10.7. The van der Waals surface area contributed by atoms with E-state index in [0.29, 0.717) is 34.6 Å². The lowest BCUT2D eigenvalue weighted by molar-refractivity contribution is 0.0921. The molecule has 0 atom stereocenters. The van der Waals surface area contributed by atoms with Gasteiger partial charge in [0.25, 0.3) is 0 Å². The molecule has 2 aromatic carbocycles. The van der Waals surface area contributed by atoms with Gasteiger partial charge in [-0.15, -0.1) is 0 Å². The SMILES string of the molecule is CCc1c(C)c2ccc(OCC(=O)c3cccc(OC)c3)cc2oc1=O. The van der Waals surface area contributed by atoms with E-state index in [9.17, 15) is 9.59 Å². The van der Waals surface area contributed by atoms with Crippen LogP contribution in [0.25, 0.3) is 11.0 Å². The molecule has 1 aromatic heterocycles. The van der Waals surface area contributed by atoms with E-state index >= 15 is 0 Å². The van der Waals surface area contributed by atoms with Crippen molar-refractivity contribution in [3.05, 3.63) is 69.6 Å². The first-order valence-electron chi connectivity index (χ1n) is 8.40. The second-order valence-corrected chi connectivity index (χ2v) is 5.95. The van der Waals surface area contributed by atoms with Crippen molar-refractivity contribution in [3.63, 3.8) is 0 Å². The third-order valence-corrected chi connectivity index (χ3v) is 4.37. The number of methoxy groups -OCH3 is 1. The number of ketones is 1. The van der Waals surface area contributed by atoms with E-state index in [1.54, 1.807) is 43.5 Å². The molecule has 0 aliphatic rings. The molecular weight excluding hydrogens is 332 g/mol. The summed E-state index contributed by atoms with van der Waals surface area (Å²) in [6.07, 6.45) is 0.622. The lowest BCUT2D eigenvalue weighted by Gasteiger charge is -2.09. The first-order valence-corrected chi connectivity index (χ1v) is 8.40. The second-order valence-electron chi connectivity index (χ2n) is 5.95. The van der Waals surface area contributed by atoms with Crippen LogP contribution in [0.15, 0.2) is 51.7 Å². The van der Waals surface area contributed by atoms with Crippen molar-refractivity contribution in [2.45, 2.75) is 20.3 Å². The van der Waals surface area contributed by atoms with Crippen LogP contribution in [0.3, 0.4) is 0 Å². The zero-order valence-electron chi connectivity index (χ0n) is 15.0. The Labute approximate surface area is 151 Å². The largest absolute Gasteiger partial charge is 0.497 e. The van der Waals surface area contributed by atoms with E-state index < -0.39 is 0 Å². The van der Waals surface area contributed by atoms with Gasteiger partial charge in [0.1, 0.15) is 17.1 Å². The Morgan fingerprint density at radius 2 is 1.92 bits per heavy atom. The van der Waals surface area contributed by atoms with Gasteiger partial charge in [-0.1, -0.05) is 19.1 Å². The summed E-state index contributed by atoms with van der Waals surface area (Å²) in [4.78, 5) is 24.3. The van der Waals surface area contributed by atoms with Crippen LogP contribution >= 0.6 is 0 Å². The third-order valence-electron chi connectivity index (χ3n) is 4.37. The molecule has 0 radical (unpaired) electrons.